The number of urea groups is 1. The second-order valence-electron chi connectivity index (χ2n) is 8.05. The summed E-state index contributed by atoms with van der Waals surface area (Å²) in [5.41, 5.74) is 3.64. The summed E-state index contributed by atoms with van der Waals surface area (Å²) in [5, 5.41) is 7.73. The number of rotatable bonds is 9. The fourth-order valence-corrected chi connectivity index (χ4v) is 3.34. The Kier molecular flexibility index (Phi) is 7.89. The van der Waals surface area contributed by atoms with Gasteiger partial charge in [0, 0.05) is 19.7 Å². The number of nitrogens with zero attached hydrogens (tertiary/aromatic N) is 3. The summed E-state index contributed by atoms with van der Waals surface area (Å²) in [7, 11) is 1.63. The van der Waals surface area contributed by atoms with E-state index in [1.807, 2.05) is 82.3 Å². The molecule has 0 aliphatic heterocycles. The standard InChI is InChI=1S/C25H32N4O3/c1-18(2)26-25(30)28(14-15-31-5)17-23-20(4)27-29(21-11-7-6-8-12-21)24(23)32-22-13-9-10-19(3)16-22/h6-13,16,18H,14-15,17H2,1-5H3,(H,26,30). The number of aryl methyl sites for hydroxylation is 2. The van der Waals surface area contributed by atoms with Crippen molar-refractivity contribution >= 4 is 6.03 Å². The molecule has 0 aliphatic carbocycles. The van der Waals surface area contributed by atoms with Gasteiger partial charge in [0.05, 0.1) is 30.1 Å². The van der Waals surface area contributed by atoms with E-state index in [-0.39, 0.29) is 12.1 Å². The number of carbonyl (C=O) groups is 1. The van der Waals surface area contributed by atoms with Crippen molar-refractivity contribution in [3.8, 4) is 17.3 Å². The van der Waals surface area contributed by atoms with Gasteiger partial charge in [-0.25, -0.2) is 9.48 Å². The predicted octanol–water partition coefficient (Wildman–Crippen LogP) is 4.85. The molecule has 1 aromatic heterocycles. The fraction of sp³-hybridized carbons (Fsp3) is 0.360. The zero-order valence-corrected chi connectivity index (χ0v) is 19.5. The maximum absolute atomic E-state index is 12.9. The molecule has 7 nitrogen and oxygen atoms in total. The fourth-order valence-electron chi connectivity index (χ4n) is 3.34. The average molecular weight is 437 g/mol. The van der Waals surface area contributed by atoms with Crippen LogP contribution in [0.2, 0.25) is 0 Å². The van der Waals surface area contributed by atoms with Crippen LogP contribution in [0.15, 0.2) is 54.6 Å². The number of aromatic nitrogens is 2. The third-order valence-corrected chi connectivity index (χ3v) is 4.96. The maximum atomic E-state index is 12.9. The van der Waals surface area contributed by atoms with Crippen molar-refractivity contribution in [3.05, 3.63) is 71.4 Å². The van der Waals surface area contributed by atoms with Gasteiger partial charge >= 0.3 is 6.03 Å². The number of methoxy groups -OCH3 is 1. The Morgan fingerprint density at radius 1 is 1.12 bits per heavy atom. The van der Waals surface area contributed by atoms with Crippen LogP contribution in [0, 0.1) is 13.8 Å². The van der Waals surface area contributed by atoms with Gasteiger partial charge in [0.25, 0.3) is 0 Å². The van der Waals surface area contributed by atoms with Crippen LogP contribution >= 0.6 is 0 Å². The van der Waals surface area contributed by atoms with Gasteiger partial charge in [-0.05, 0) is 57.5 Å². The van der Waals surface area contributed by atoms with E-state index < -0.39 is 0 Å². The summed E-state index contributed by atoms with van der Waals surface area (Å²) in [6.45, 7) is 9.08. The van der Waals surface area contributed by atoms with Crippen molar-refractivity contribution in [2.45, 2.75) is 40.3 Å². The zero-order valence-electron chi connectivity index (χ0n) is 19.5. The third-order valence-electron chi connectivity index (χ3n) is 4.96. The first-order chi connectivity index (χ1) is 15.4. The van der Waals surface area contributed by atoms with Crippen LogP contribution in [0.5, 0.6) is 11.6 Å². The van der Waals surface area contributed by atoms with Gasteiger partial charge in [-0.3, -0.25) is 0 Å². The van der Waals surface area contributed by atoms with E-state index in [1.54, 1.807) is 16.7 Å². The van der Waals surface area contributed by atoms with E-state index in [4.69, 9.17) is 14.6 Å². The Morgan fingerprint density at radius 3 is 2.53 bits per heavy atom. The number of nitrogens with one attached hydrogen (secondary N) is 1. The van der Waals surface area contributed by atoms with Crippen molar-refractivity contribution in [1.29, 1.82) is 0 Å². The molecule has 0 radical (unpaired) electrons. The first-order valence-corrected chi connectivity index (χ1v) is 10.8. The molecule has 0 aliphatic rings. The molecule has 3 aromatic rings. The Labute approximate surface area is 190 Å². The van der Waals surface area contributed by atoms with E-state index in [0.717, 1.165) is 28.3 Å². The van der Waals surface area contributed by atoms with Gasteiger partial charge in [0.2, 0.25) is 5.88 Å². The molecule has 2 amide bonds. The van der Waals surface area contributed by atoms with Gasteiger partial charge in [-0.2, -0.15) is 5.10 Å². The number of hydrogen-bond donors (Lipinski definition) is 1. The minimum absolute atomic E-state index is 0.0312. The second kappa shape index (κ2) is 10.8. The summed E-state index contributed by atoms with van der Waals surface area (Å²) in [6, 6.07) is 17.6. The van der Waals surface area contributed by atoms with Gasteiger partial charge in [0.15, 0.2) is 0 Å². The highest BCUT2D eigenvalue weighted by Crippen LogP contribution is 2.32. The Balaban J connectivity index is 2.03. The van der Waals surface area contributed by atoms with Crippen LogP contribution in [-0.2, 0) is 11.3 Å². The van der Waals surface area contributed by atoms with Crippen LogP contribution in [-0.4, -0.2) is 47.0 Å². The molecule has 1 heterocycles. The van der Waals surface area contributed by atoms with Gasteiger partial charge in [-0.15, -0.1) is 0 Å². The highest BCUT2D eigenvalue weighted by Gasteiger charge is 2.24. The quantitative estimate of drug-likeness (QED) is 0.521. The van der Waals surface area contributed by atoms with Crippen LogP contribution in [0.3, 0.4) is 0 Å². The van der Waals surface area contributed by atoms with Crippen molar-refractivity contribution in [2.24, 2.45) is 0 Å². The molecule has 0 atom stereocenters. The van der Waals surface area contributed by atoms with Crippen molar-refractivity contribution in [3.63, 3.8) is 0 Å². The molecule has 7 heteroatoms. The normalized spacial score (nSPS) is 10.9. The molecule has 2 aromatic carbocycles. The molecule has 0 saturated carbocycles. The number of ether oxygens (including phenoxy) is 2. The Hall–Kier alpha value is -3.32. The molecule has 1 N–H and O–H groups in total. The first kappa shape index (κ1) is 23.3. The molecule has 0 spiro atoms. The van der Waals surface area contributed by atoms with Gasteiger partial charge < -0.3 is 19.7 Å². The number of para-hydroxylation sites is 1. The smallest absolute Gasteiger partial charge is 0.317 e. The first-order valence-electron chi connectivity index (χ1n) is 10.8. The lowest BCUT2D eigenvalue weighted by Gasteiger charge is -2.24. The summed E-state index contributed by atoms with van der Waals surface area (Å²) < 4.78 is 13.4. The molecule has 3 rings (SSSR count). The Morgan fingerprint density at radius 2 is 1.88 bits per heavy atom. The molecule has 170 valence electrons. The van der Waals surface area contributed by atoms with Crippen LogP contribution in [0.1, 0.15) is 30.7 Å². The van der Waals surface area contributed by atoms with E-state index in [0.29, 0.717) is 25.6 Å². The lowest BCUT2D eigenvalue weighted by molar-refractivity contribution is 0.145. The van der Waals surface area contributed by atoms with Crippen molar-refractivity contribution in [2.75, 3.05) is 20.3 Å². The van der Waals surface area contributed by atoms with Crippen molar-refractivity contribution < 1.29 is 14.3 Å². The molecule has 0 bridgehead atoms. The molecule has 0 fully saturated rings. The lowest BCUT2D eigenvalue weighted by atomic mass is 10.2. The third kappa shape index (κ3) is 5.88. The average Bonchev–Trinajstić information content (AvgIpc) is 3.06. The molecular formula is C25H32N4O3. The van der Waals surface area contributed by atoms with Gasteiger partial charge in [0.1, 0.15) is 5.75 Å². The summed E-state index contributed by atoms with van der Waals surface area (Å²) in [4.78, 5) is 14.6. The lowest BCUT2D eigenvalue weighted by Crippen LogP contribution is -2.44. The SMILES string of the molecule is COCCN(Cc1c(C)nn(-c2ccccc2)c1Oc1cccc(C)c1)C(=O)NC(C)C. The number of benzene rings is 2. The number of hydrogen-bond acceptors (Lipinski definition) is 4. The summed E-state index contributed by atoms with van der Waals surface area (Å²) >= 11 is 0. The van der Waals surface area contributed by atoms with Gasteiger partial charge in [-0.1, -0.05) is 30.3 Å². The van der Waals surface area contributed by atoms with E-state index in [1.165, 1.54) is 0 Å². The monoisotopic (exact) mass is 436 g/mol. The number of carbonyl (C=O) groups excluding carboxylic acids is 1. The molecule has 0 unspecified atom stereocenters. The van der Waals surface area contributed by atoms with Crippen LogP contribution < -0.4 is 10.1 Å². The maximum Gasteiger partial charge on any atom is 0.317 e. The van der Waals surface area contributed by atoms with Crippen LogP contribution in [0.4, 0.5) is 4.79 Å². The van der Waals surface area contributed by atoms with E-state index >= 15 is 0 Å². The predicted molar refractivity (Wildman–Crippen MR) is 126 cm³/mol. The van der Waals surface area contributed by atoms with E-state index in [2.05, 4.69) is 5.32 Å². The molecular weight excluding hydrogens is 404 g/mol. The largest absolute Gasteiger partial charge is 0.439 e. The minimum atomic E-state index is -0.148. The highest BCUT2D eigenvalue weighted by atomic mass is 16.5. The number of amides is 2. The molecule has 0 saturated heterocycles. The summed E-state index contributed by atoms with van der Waals surface area (Å²) in [6.07, 6.45) is 0. The molecule has 32 heavy (non-hydrogen) atoms. The second-order valence-corrected chi connectivity index (χ2v) is 8.05. The Bertz CT molecular complexity index is 1030. The zero-order chi connectivity index (χ0) is 23.1. The summed E-state index contributed by atoms with van der Waals surface area (Å²) in [5.74, 6) is 1.32. The van der Waals surface area contributed by atoms with Crippen molar-refractivity contribution in [1.82, 2.24) is 20.0 Å². The minimum Gasteiger partial charge on any atom is -0.439 e. The highest BCUT2D eigenvalue weighted by molar-refractivity contribution is 5.74. The topological polar surface area (TPSA) is 68.6 Å². The van der Waals surface area contributed by atoms with E-state index in [9.17, 15) is 4.79 Å². The van der Waals surface area contributed by atoms with Crippen LogP contribution in [0.25, 0.3) is 5.69 Å².